The molecular formula is C13H17ClO2. The van der Waals surface area contributed by atoms with Crippen molar-refractivity contribution in [2.45, 2.75) is 38.7 Å². The van der Waals surface area contributed by atoms with Gasteiger partial charge in [-0.3, -0.25) is 4.79 Å². The lowest BCUT2D eigenvalue weighted by molar-refractivity contribution is -0.153. The first kappa shape index (κ1) is 13.0. The predicted octanol–water partition coefficient (Wildman–Crippen LogP) is 3.31. The molecule has 88 valence electrons. The highest BCUT2D eigenvalue weighted by Gasteiger charge is 2.16. The van der Waals surface area contributed by atoms with E-state index in [0.717, 1.165) is 11.1 Å². The Morgan fingerprint density at radius 3 is 2.50 bits per heavy atom. The van der Waals surface area contributed by atoms with Gasteiger partial charge in [-0.05, 0) is 31.9 Å². The van der Waals surface area contributed by atoms with Crippen molar-refractivity contribution in [3.63, 3.8) is 0 Å². The first-order valence-electron chi connectivity index (χ1n) is 5.26. The van der Waals surface area contributed by atoms with Gasteiger partial charge in [-0.25, -0.2) is 0 Å². The molecule has 1 rings (SSSR count). The Balaban J connectivity index is 2.62. The molecule has 0 unspecified atom stereocenters. The number of ether oxygens (including phenoxy) is 1. The summed E-state index contributed by atoms with van der Waals surface area (Å²) < 4.78 is 5.24. The van der Waals surface area contributed by atoms with Gasteiger partial charge in [-0.15, -0.1) is 11.6 Å². The van der Waals surface area contributed by atoms with Crippen LogP contribution in [0.5, 0.6) is 0 Å². The molecule has 0 aliphatic carbocycles. The molecule has 0 aliphatic heterocycles. The van der Waals surface area contributed by atoms with Crippen molar-refractivity contribution in [3.8, 4) is 0 Å². The summed E-state index contributed by atoms with van der Waals surface area (Å²) in [4.78, 5) is 11.6. The van der Waals surface area contributed by atoms with Crippen molar-refractivity contribution < 1.29 is 9.53 Å². The zero-order valence-electron chi connectivity index (χ0n) is 9.92. The average Bonchev–Trinajstić information content (AvgIpc) is 2.15. The number of hydrogen-bond acceptors (Lipinski definition) is 2. The molecule has 0 amide bonds. The van der Waals surface area contributed by atoms with Gasteiger partial charge in [0.2, 0.25) is 0 Å². The molecule has 3 heteroatoms. The van der Waals surface area contributed by atoms with Gasteiger partial charge in [-0.2, -0.15) is 0 Å². The third-order valence-electron chi connectivity index (χ3n) is 1.91. The van der Waals surface area contributed by atoms with E-state index in [-0.39, 0.29) is 5.97 Å². The van der Waals surface area contributed by atoms with Gasteiger partial charge in [0.15, 0.2) is 0 Å². The van der Waals surface area contributed by atoms with Crippen LogP contribution < -0.4 is 0 Å². The van der Waals surface area contributed by atoms with Gasteiger partial charge < -0.3 is 4.74 Å². The summed E-state index contributed by atoms with van der Waals surface area (Å²) in [5, 5.41) is 0. The van der Waals surface area contributed by atoms with Crippen molar-refractivity contribution in [1.29, 1.82) is 0 Å². The SMILES string of the molecule is CC(C)(C)OC(=O)Cc1cccc(CCl)c1. The van der Waals surface area contributed by atoms with E-state index < -0.39 is 5.60 Å². The van der Waals surface area contributed by atoms with Crippen molar-refractivity contribution in [3.05, 3.63) is 35.4 Å². The van der Waals surface area contributed by atoms with E-state index in [4.69, 9.17) is 16.3 Å². The Morgan fingerprint density at radius 2 is 1.94 bits per heavy atom. The summed E-state index contributed by atoms with van der Waals surface area (Å²) >= 11 is 5.73. The molecule has 0 atom stereocenters. The van der Waals surface area contributed by atoms with Gasteiger partial charge >= 0.3 is 5.97 Å². The maximum absolute atomic E-state index is 11.6. The van der Waals surface area contributed by atoms with E-state index in [1.54, 1.807) is 0 Å². The summed E-state index contributed by atoms with van der Waals surface area (Å²) in [6, 6.07) is 7.67. The lowest BCUT2D eigenvalue weighted by Crippen LogP contribution is -2.24. The third kappa shape index (κ3) is 4.67. The number of benzene rings is 1. The lowest BCUT2D eigenvalue weighted by Gasteiger charge is -2.19. The highest BCUT2D eigenvalue weighted by atomic mass is 35.5. The monoisotopic (exact) mass is 240 g/mol. The van der Waals surface area contributed by atoms with Crippen molar-refractivity contribution in [2.24, 2.45) is 0 Å². The average molecular weight is 241 g/mol. The van der Waals surface area contributed by atoms with E-state index in [0.29, 0.717) is 12.3 Å². The molecule has 0 spiro atoms. The normalized spacial score (nSPS) is 11.2. The standard InChI is InChI=1S/C13H17ClO2/c1-13(2,3)16-12(15)8-10-5-4-6-11(7-10)9-14/h4-7H,8-9H2,1-3H3. The quantitative estimate of drug-likeness (QED) is 0.599. The number of carbonyl (C=O) groups is 1. The predicted molar refractivity (Wildman–Crippen MR) is 65.5 cm³/mol. The molecule has 0 bridgehead atoms. The third-order valence-corrected chi connectivity index (χ3v) is 2.22. The number of carbonyl (C=O) groups excluding carboxylic acids is 1. The minimum atomic E-state index is -0.429. The summed E-state index contributed by atoms with van der Waals surface area (Å²) in [5.74, 6) is 0.251. The molecule has 0 heterocycles. The fourth-order valence-electron chi connectivity index (χ4n) is 1.37. The second-order valence-electron chi connectivity index (χ2n) is 4.72. The first-order valence-corrected chi connectivity index (χ1v) is 5.80. The van der Waals surface area contributed by atoms with Crippen molar-refractivity contribution >= 4 is 17.6 Å². The molecule has 0 radical (unpaired) electrons. The summed E-state index contributed by atoms with van der Waals surface area (Å²) in [5.41, 5.74) is 1.52. The molecule has 16 heavy (non-hydrogen) atoms. The van der Waals surface area contributed by atoms with Crippen LogP contribution in [0.1, 0.15) is 31.9 Å². The second-order valence-corrected chi connectivity index (χ2v) is 4.98. The van der Waals surface area contributed by atoms with Crippen LogP contribution in [0.25, 0.3) is 0 Å². The van der Waals surface area contributed by atoms with Crippen LogP contribution in [0, 0.1) is 0 Å². The lowest BCUT2D eigenvalue weighted by atomic mass is 10.1. The molecule has 0 saturated carbocycles. The Kier molecular flexibility index (Phi) is 4.36. The largest absolute Gasteiger partial charge is 0.460 e. The Morgan fingerprint density at radius 1 is 1.31 bits per heavy atom. The molecule has 0 aliphatic rings. The van der Waals surface area contributed by atoms with Gasteiger partial charge in [0, 0.05) is 5.88 Å². The molecule has 0 aromatic heterocycles. The molecule has 2 nitrogen and oxygen atoms in total. The maximum atomic E-state index is 11.6. The Bertz CT molecular complexity index is 366. The van der Waals surface area contributed by atoms with Crippen LogP contribution in [0.4, 0.5) is 0 Å². The number of rotatable bonds is 3. The Hall–Kier alpha value is -1.02. The number of alkyl halides is 1. The van der Waals surface area contributed by atoms with E-state index in [1.165, 1.54) is 0 Å². The summed E-state index contributed by atoms with van der Waals surface area (Å²) in [7, 11) is 0. The zero-order valence-corrected chi connectivity index (χ0v) is 10.7. The van der Waals surface area contributed by atoms with E-state index in [9.17, 15) is 4.79 Å². The highest BCUT2D eigenvalue weighted by molar-refractivity contribution is 6.17. The molecule has 0 fully saturated rings. The number of hydrogen-bond donors (Lipinski definition) is 0. The van der Waals surface area contributed by atoms with Crippen LogP contribution in [-0.2, 0) is 21.8 Å². The van der Waals surface area contributed by atoms with Crippen molar-refractivity contribution in [2.75, 3.05) is 0 Å². The van der Waals surface area contributed by atoms with Gasteiger partial charge in [0.1, 0.15) is 5.60 Å². The molecule has 0 saturated heterocycles. The summed E-state index contributed by atoms with van der Waals surface area (Å²) in [6.45, 7) is 5.58. The number of halogens is 1. The topological polar surface area (TPSA) is 26.3 Å². The second kappa shape index (κ2) is 5.35. The van der Waals surface area contributed by atoms with Crippen LogP contribution >= 0.6 is 11.6 Å². The van der Waals surface area contributed by atoms with Crippen LogP contribution in [0.15, 0.2) is 24.3 Å². The van der Waals surface area contributed by atoms with Crippen LogP contribution in [0.3, 0.4) is 0 Å². The smallest absolute Gasteiger partial charge is 0.310 e. The minimum Gasteiger partial charge on any atom is -0.460 e. The van der Waals surface area contributed by atoms with Crippen LogP contribution in [0.2, 0.25) is 0 Å². The number of esters is 1. The first-order chi connectivity index (χ1) is 7.40. The van der Waals surface area contributed by atoms with E-state index >= 15 is 0 Å². The molecule has 0 N–H and O–H groups in total. The minimum absolute atomic E-state index is 0.209. The maximum Gasteiger partial charge on any atom is 0.310 e. The fraction of sp³-hybridized carbons (Fsp3) is 0.462. The van der Waals surface area contributed by atoms with Gasteiger partial charge in [0.25, 0.3) is 0 Å². The summed E-state index contributed by atoms with van der Waals surface area (Å²) in [6.07, 6.45) is 0.294. The van der Waals surface area contributed by atoms with Gasteiger partial charge in [0.05, 0.1) is 6.42 Å². The van der Waals surface area contributed by atoms with Crippen LogP contribution in [-0.4, -0.2) is 11.6 Å². The highest BCUT2D eigenvalue weighted by Crippen LogP contribution is 2.12. The Labute approximate surface area is 102 Å². The molecular weight excluding hydrogens is 224 g/mol. The van der Waals surface area contributed by atoms with E-state index in [1.807, 2.05) is 45.0 Å². The molecule has 1 aromatic carbocycles. The van der Waals surface area contributed by atoms with E-state index in [2.05, 4.69) is 0 Å². The van der Waals surface area contributed by atoms with Gasteiger partial charge in [-0.1, -0.05) is 24.3 Å². The molecule has 1 aromatic rings. The zero-order chi connectivity index (χ0) is 12.2. The van der Waals surface area contributed by atoms with Crippen molar-refractivity contribution in [1.82, 2.24) is 0 Å². The fourth-order valence-corrected chi connectivity index (χ4v) is 1.53.